The maximum absolute atomic E-state index is 11.1. The van der Waals surface area contributed by atoms with Gasteiger partial charge in [0.15, 0.2) is 10.8 Å². The molecular formula is C10H14ClN3OS. The Balaban J connectivity index is 0.000000606. The molecule has 0 fully saturated rings. The zero-order chi connectivity index (χ0) is 12.3. The summed E-state index contributed by atoms with van der Waals surface area (Å²) in [5, 5.41) is 1.00. The Bertz CT molecular complexity index is 485. The van der Waals surface area contributed by atoms with Crippen LogP contribution in [0.4, 0.5) is 0 Å². The van der Waals surface area contributed by atoms with E-state index in [2.05, 4.69) is 15.0 Å². The number of nitrogens with one attached hydrogen (secondary N) is 1. The number of aromatic nitrogens is 3. The molecule has 1 N–H and O–H groups in total. The quantitative estimate of drug-likeness (QED) is 0.857. The number of rotatable bonds is 1. The van der Waals surface area contributed by atoms with E-state index in [0.717, 1.165) is 5.69 Å². The average molecular weight is 260 g/mol. The summed E-state index contributed by atoms with van der Waals surface area (Å²) >= 11 is 5.89. The summed E-state index contributed by atoms with van der Waals surface area (Å²) in [6.45, 7) is 5.80. The minimum absolute atomic E-state index is 0.425. The SMILES string of the molecule is CC.Cc1nc2nc(S(C)=O)[nH]c2cc1Cl. The minimum atomic E-state index is -1.12. The molecule has 0 spiro atoms. The fourth-order valence-electron chi connectivity index (χ4n) is 1.12. The van der Waals surface area contributed by atoms with Gasteiger partial charge in [0.1, 0.15) is 0 Å². The van der Waals surface area contributed by atoms with Crippen molar-refractivity contribution in [3.63, 3.8) is 0 Å². The van der Waals surface area contributed by atoms with Crippen molar-refractivity contribution in [2.24, 2.45) is 0 Å². The third-order valence-corrected chi connectivity index (χ3v) is 2.97. The predicted octanol–water partition coefficient (Wildman–Crippen LogP) is 2.68. The maximum Gasteiger partial charge on any atom is 0.198 e. The predicted molar refractivity (Wildman–Crippen MR) is 67.3 cm³/mol. The molecule has 1 atom stereocenters. The van der Waals surface area contributed by atoms with Crippen LogP contribution < -0.4 is 0 Å². The van der Waals surface area contributed by atoms with Gasteiger partial charge in [-0.1, -0.05) is 25.4 Å². The molecule has 88 valence electrons. The Morgan fingerprint density at radius 3 is 2.56 bits per heavy atom. The molecule has 0 aliphatic carbocycles. The van der Waals surface area contributed by atoms with Crippen molar-refractivity contribution in [1.29, 1.82) is 0 Å². The first-order valence-corrected chi connectivity index (χ1v) is 6.88. The largest absolute Gasteiger partial charge is 0.329 e. The minimum Gasteiger partial charge on any atom is -0.329 e. The second-order valence-electron chi connectivity index (χ2n) is 2.92. The molecule has 0 aliphatic heterocycles. The molecule has 4 nitrogen and oxygen atoms in total. The van der Waals surface area contributed by atoms with E-state index in [1.807, 2.05) is 13.8 Å². The van der Waals surface area contributed by atoms with Crippen LogP contribution in [0.25, 0.3) is 11.2 Å². The number of aryl methyl sites for hydroxylation is 1. The maximum atomic E-state index is 11.1. The summed E-state index contributed by atoms with van der Waals surface area (Å²) < 4.78 is 11.1. The van der Waals surface area contributed by atoms with E-state index in [9.17, 15) is 4.21 Å². The Morgan fingerprint density at radius 2 is 2.00 bits per heavy atom. The molecule has 2 aromatic rings. The first kappa shape index (κ1) is 13.1. The molecule has 2 rings (SSSR count). The lowest BCUT2D eigenvalue weighted by Gasteiger charge is -1.94. The fourth-order valence-corrected chi connectivity index (χ4v) is 1.74. The van der Waals surface area contributed by atoms with Crippen LogP contribution in [0.5, 0.6) is 0 Å². The number of halogens is 1. The van der Waals surface area contributed by atoms with Gasteiger partial charge in [0.2, 0.25) is 0 Å². The molecule has 1 unspecified atom stereocenters. The molecule has 0 radical (unpaired) electrons. The normalized spacial score (nSPS) is 12.1. The van der Waals surface area contributed by atoms with E-state index in [-0.39, 0.29) is 0 Å². The van der Waals surface area contributed by atoms with E-state index >= 15 is 0 Å². The number of hydrogen-bond acceptors (Lipinski definition) is 3. The van der Waals surface area contributed by atoms with E-state index in [1.165, 1.54) is 0 Å². The highest BCUT2D eigenvalue weighted by molar-refractivity contribution is 7.84. The van der Waals surface area contributed by atoms with Gasteiger partial charge in [-0.2, -0.15) is 0 Å². The molecular weight excluding hydrogens is 246 g/mol. The van der Waals surface area contributed by atoms with Gasteiger partial charge in [-0.25, -0.2) is 9.97 Å². The van der Waals surface area contributed by atoms with Crippen LogP contribution in [0, 0.1) is 6.92 Å². The van der Waals surface area contributed by atoms with Gasteiger partial charge < -0.3 is 4.98 Å². The molecule has 2 aromatic heterocycles. The second-order valence-corrected chi connectivity index (χ2v) is 4.62. The zero-order valence-electron chi connectivity index (χ0n) is 9.67. The molecule has 2 heterocycles. The number of aromatic amines is 1. The van der Waals surface area contributed by atoms with E-state index in [0.29, 0.717) is 21.3 Å². The highest BCUT2D eigenvalue weighted by Gasteiger charge is 2.08. The van der Waals surface area contributed by atoms with Crippen molar-refractivity contribution in [2.75, 3.05) is 6.26 Å². The van der Waals surface area contributed by atoms with Crippen LogP contribution in [0.2, 0.25) is 5.02 Å². The van der Waals surface area contributed by atoms with Gasteiger partial charge in [-0.05, 0) is 13.0 Å². The Labute approximate surface area is 102 Å². The fraction of sp³-hybridized carbons (Fsp3) is 0.400. The zero-order valence-corrected chi connectivity index (χ0v) is 11.2. The van der Waals surface area contributed by atoms with Gasteiger partial charge in [-0.3, -0.25) is 4.21 Å². The molecule has 16 heavy (non-hydrogen) atoms. The standard InChI is InChI=1S/C8H8ClN3OS.C2H6/c1-4-5(9)3-6-7(10-4)12-8(11-6)14(2)13;1-2/h3H,1-2H3,(H,10,11,12);1-2H3. The van der Waals surface area contributed by atoms with Gasteiger partial charge in [0, 0.05) is 6.26 Å². The monoisotopic (exact) mass is 259 g/mol. The van der Waals surface area contributed by atoms with Crippen molar-refractivity contribution in [1.82, 2.24) is 15.0 Å². The summed E-state index contributed by atoms with van der Waals surface area (Å²) in [5.41, 5.74) is 1.99. The molecule has 0 bridgehead atoms. The molecule has 0 aliphatic rings. The highest BCUT2D eigenvalue weighted by atomic mass is 35.5. The third-order valence-electron chi connectivity index (χ3n) is 1.85. The summed E-state index contributed by atoms with van der Waals surface area (Å²) in [6, 6.07) is 1.74. The summed E-state index contributed by atoms with van der Waals surface area (Å²) in [5.74, 6) is 0. The van der Waals surface area contributed by atoms with Gasteiger partial charge in [0.25, 0.3) is 0 Å². The van der Waals surface area contributed by atoms with E-state index < -0.39 is 10.8 Å². The Hall–Kier alpha value is -0.940. The van der Waals surface area contributed by atoms with Gasteiger partial charge in [-0.15, -0.1) is 0 Å². The van der Waals surface area contributed by atoms with Crippen LogP contribution in [-0.2, 0) is 10.8 Å². The number of nitrogens with zero attached hydrogens (tertiary/aromatic N) is 2. The number of pyridine rings is 1. The Kier molecular flexibility index (Phi) is 4.44. The van der Waals surface area contributed by atoms with Crippen LogP contribution in [0.1, 0.15) is 19.5 Å². The van der Waals surface area contributed by atoms with Crippen molar-refractivity contribution in [2.45, 2.75) is 25.9 Å². The van der Waals surface area contributed by atoms with Gasteiger partial charge in [0.05, 0.1) is 27.0 Å². The van der Waals surface area contributed by atoms with Crippen molar-refractivity contribution in [3.8, 4) is 0 Å². The van der Waals surface area contributed by atoms with Crippen LogP contribution in [-0.4, -0.2) is 25.4 Å². The van der Waals surface area contributed by atoms with Crippen molar-refractivity contribution < 1.29 is 4.21 Å². The van der Waals surface area contributed by atoms with Gasteiger partial charge >= 0.3 is 0 Å². The molecule has 6 heteroatoms. The smallest absolute Gasteiger partial charge is 0.198 e. The van der Waals surface area contributed by atoms with E-state index in [1.54, 1.807) is 19.2 Å². The summed E-state index contributed by atoms with van der Waals surface area (Å²) in [4.78, 5) is 11.2. The van der Waals surface area contributed by atoms with Crippen molar-refractivity contribution >= 4 is 33.6 Å². The molecule has 0 aromatic carbocycles. The van der Waals surface area contributed by atoms with Crippen LogP contribution in [0.15, 0.2) is 11.2 Å². The van der Waals surface area contributed by atoms with E-state index in [4.69, 9.17) is 11.6 Å². The Morgan fingerprint density at radius 1 is 1.38 bits per heavy atom. The molecule has 0 saturated heterocycles. The molecule has 0 saturated carbocycles. The first-order valence-electron chi connectivity index (χ1n) is 4.94. The lowest BCUT2D eigenvalue weighted by atomic mass is 10.3. The van der Waals surface area contributed by atoms with Crippen molar-refractivity contribution in [3.05, 3.63) is 16.8 Å². The summed E-state index contributed by atoms with van der Waals surface area (Å²) in [7, 11) is -1.12. The van der Waals surface area contributed by atoms with Crippen LogP contribution in [0.3, 0.4) is 0 Å². The topological polar surface area (TPSA) is 58.6 Å². The molecule has 0 amide bonds. The highest BCUT2D eigenvalue weighted by Crippen LogP contribution is 2.19. The lowest BCUT2D eigenvalue weighted by molar-refractivity contribution is 0.682. The summed E-state index contributed by atoms with van der Waals surface area (Å²) in [6.07, 6.45) is 1.56. The lowest BCUT2D eigenvalue weighted by Crippen LogP contribution is -1.88. The third kappa shape index (κ3) is 2.59. The number of imidazole rings is 1. The van der Waals surface area contributed by atoms with Crippen LogP contribution >= 0.6 is 11.6 Å². The second kappa shape index (κ2) is 5.41. The number of H-pyrrole nitrogens is 1. The number of hydrogen-bond donors (Lipinski definition) is 1. The average Bonchev–Trinajstić information content (AvgIpc) is 2.65. The number of fused-ring (bicyclic) bond motifs is 1. The first-order chi connectivity index (χ1) is 7.58.